The van der Waals surface area contributed by atoms with Crippen molar-refractivity contribution in [3.05, 3.63) is 35.4 Å². The second kappa shape index (κ2) is 6.97. The molecule has 2 rings (SSSR count). The minimum absolute atomic E-state index is 0. The van der Waals surface area contributed by atoms with Crippen LogP contribution in [-0.4, -0.2) is 38.3 Å². The fraction of sp³-hybridized carbons (Fsp3) is 0.500. The van der Waals surface area contributed by atoms with Crippen molar-refractivity contribution in [1.82, 2.24) is 9.03 Å². The van der Waals surface area contributed by atoms with Gasteiger partial charge >= 0.3 is 0 Å². The zero-order valence-electron chi connectivity index (χ0n) is 11.3. The Morgan fingerprint density at radius 1 is 1.29 bits per heavy atom. The Hall–Kier alpha value is -0.800. The van der Waals surface area contributed by atoms with Crippen molar-refractivity contribution < 1.29 is 17.2 Å². The molecule has 9 heteroatoms. The van der Waals surface area contributed by atoms with E-state index in [4.69, 9.17) is 5.73 Å². The molecule has 0 saturated carbocycles. The van der Waals surface area contributed by atoms with E-state index < -0.39 is 29.2 Å². The topological polar surface area (TPSA) is 75.4 Å². The van der Waals surface area contributed by atoms with Crippen molar-refractivity contribution >= 4 is 22.6 Å². The third-order valence-electron chi connectivity index (χ3n) is 3.25. The number of fused-ring (bicyclic) bond motifs is 1. The number of nitrogens with two attached hydrogens (primary N) is 1. The zero-order valence-corrected chi connectivity index (χ0v) is 12.9. The fourth-order valence-electron chi connectivity index (χ4n) is 2.04. The average molecular weight is 342 g/mol. The molecule has 0 aromatic heterocycles. The lowest BCUT2D eigenvalue weighted by atomic mass is 10.0. The van der Waals surface area contributed by atoms with Crippen molar-refractivity contribution in [3.8, 4) is 0 Å². The van der Waals surface area contributed by atoms with Gasteiger partial charge in [0.25, 0.3) is 16.1 Å². The molecule has 0 aliphatic carbocycles. The Labute approximate surface area is 129 Å². The first kappa shape index (κ1) is 18.2. The number of benzene rings is 1. The van der Waals surface area contributed by atoms with Crippen molar-refractivity contribution in [2.75, 3.05) is 19.6 Å². The van der Waals surface area contributed by atoms with Crippen LogP contribution in [0.3, 0.4) is 0 Å². The molecule has 0 spiro atoms. The largest absolute Gasteiger partial charge is 0.325 e. The third kappa shape index (κ3) is 4.58. The highest BCUT2D eigenvalue weighted by atomic mass is 35.5. The van der Waals surface area contributed by atoms with Crippen molar-refractivity contribution in [2.45, 2.75) is 18.9 Å². The smallest absolute Gasteiger partial charge is 0.279 e. The van der Waals surface area contributed by atoms with E-state index in [1.165, 1.54) is 4.31 Å². The Kier molecular flexibility index (Phi) is 6.06. The van der Waals surface area contributed by atoms with Gasteiger partial charge in [-0.3, -0.25) is 0 Å². The van der Waals surface area contributed by atoms with Crippen LogP contribution in [0.4, 0.5) is 8.78 Å². The molecule has 21 heavy (non-hydrogen) atoms. The number of nitrogens with one attached hydrogen (secondary N) is 1. The standard InChI is InChI=1S/C12H17F2N3O2S.ClH/c13-12(14,8-15)9-16-20(18,19)17-6-5-10-3-1-2-4-11(10)7-17;/h1-4,16H,5-9,15H2;1H. The van der Waals surface area contributed by atoms with Gasteiger partial charge in [0, 0.05) is 13.1 Å². The molecule has 1 aromatic carbocycles. The van der Waals surface area contributed by atoms with E-state index in [0.29, 0.717) is 6.42 Å². The molecule has 0 saturated heterocycles. The summed E-state index contributed by atoms with van der Waals surface area (Å²) in [6.45, 7) is -1.40. The van der Waals surface area contributed by atoms with Gasteiger partial charge in [0.05, 0.1) is 13.1 Å². The Bertz CT molecular complexity index is 584. The van der Waals surface area contributed by atoms with Gasteiger partial charge in [-0.2, -0.15) is 17.4 Å². The van der Waals surface area contributed by atoms with Crippen molar-refractivity contribution in [3.63, 3.8) is 0 Å². The summed E-state index contributed by atoms with van der Waals surface area (Å²) in [5, 5.41) is 0. The molecule has 3 N–H and O–H groups in total. The highest BCUT2D eigenvalue weighted by Gasteiger charge is 2.32. The normalized spacial score (nSPS) is 16.1. The second-order valence-corrected chi connectivity index (χ2v) is 6.49. The van der Waals surface area contributed by atoms with Crippen LogP contribution in [0, 0.1) is 0 Å². The van der Waals surface area contributed by atoms with Crippen LogP contribution in [-0.2, 0) is 23.2 Å². The molecular weight excluding hydrogens is 324 g/mol. The molecule has 5 nitrogen and oxygen atoms in total. The first-order valence-corrected chi connectivity index (χ1v) is 7.67. The summed E-state index contributed by atoms with van der Waals surface area (Å²) in [7, 11) is -3.92. The zero-order chi connectivity index (χ0) is 14.8. The first-order valence-electron chi connectivity index (χ1n) is 6.23. The molecule has 1 aromatic rings. The molecule has 0 fully saturated rings. The summed E-state index contributed by atoms with van der Waals surface area (Å²) in [6.07, 6.45) is 0.574. The molecule has 1 aliphatic heterocycles. The Morgan fingerprint density at radius 2 is 1.90 bits per heavy atom. The van der Waals surface area contributed by atoms with Gasteiger partial charge in [-0.1, -0.05) is 24.3 Å². The van der Waals surface area contributed by atoms with Crippen LogP contribution in [0.1, 0.15) is 11.1 Å². The van der Waals surface area contributed by atoms with E-state index in [2.05, 4.69) is 0 Å². The minimum Gasteiger partial charge on any atom is -0.325 e. The lowest BCUT2D eigenvalue weighted by Gasteiger charge is -2.28. The van der Waals surface area contributed by atoms with Gasteiger partial charge in [0.15, 0.2) is 0 Å². The Balaban J connectivity index is 0.00000220. The molecule has 1 heterocycles. The summed E-state index contributed by atoms with van der Waals surface area (Å²) in [6, 6.07) is 7.49. The van der Waals surface area contributed by atoms with Gasteiger partial charge < -0.3 is 5.73 Å². The monoisotopic (exact) mass is 341 g/mol. The summed E-state index contributed by atoms with van der Waals surface area (Å²) in [5.74, 6) is -3.24. The quantitative estimate of drug-likeness (QED) is 0.835. The maximum Gasteiger partial charge on any atom is 0.279 e. The van der Waals surface area contributed by atoms with Crippen molar-refractivity contribution in [2.24, 2.45) is 5.73 Å². The highest BCUT2D eigenvalue weighted by Crippen LogP contribution is 2.20. The first-order chi connectivity index (χ1) is 9.34. The number of hydrogen-bond donors (Lipinski definition) is 2. The lowest BCUT2D eigenvalue weighted by Crippen LogP contribution is -2.48. The van der Waals surface area contributed by atoms with Crippen LogP contribution in [0.25, 0.3) is 0 Å². The van der Waals surface area contributed by atoms with E-state index in [1.807, 2.05) is 29.0 Å². The maximum atomic E-state index is 13.0. The van der Waals surface area contributed by atoms with E-state index in [1.54, 1.807) is 0 Å². The number of alkyl halides is 2. The maximum absolute atomic E-state index is 13.0. The number of halogens is 3. The summed E-state index contributed by atoms with van der Waals surface area (Å²) in [5.41, 5.74) is 6.87. The van der Waals surface area contributed by atoms with E-state index >= 15 is 0 Å². The predicted octanol–water partition coefficient (Wildman–Crippen LogP) is 0.895. The molecular formula is C12H18ClF2N3O2S. The molecule has 0 atom stereocenters. The number of hydrogen-bond acceptors (Lipinski definition) is 3. The minimum atomic E-state index is -3.92. The summed E-state index contributed by atoms with van der Waals surface area (Å²) < 4.78 is 53.1. The molecule has 1 aliphatic rings. The van der Waals surface area contributed by atoms with Gasteiger partial charge in [-0.15, -0.1) is 12.4 Å². The second-order valence-electron chi connectivity index (χ2n) is 4.74. The SMILES string of the molecule is Cl.NCC(F)(F)CNS(=O)(=O)N1CCc2ccccc2C1. The molecule has 0 amide bonds. The van der Waals surface area contributed by atoms with Crippen molar-refractivity contribution in [1.29, 1.82) is 0 Å². The van der Waals surface area contributed by atoms with Gasteiger partial charge in [0.2, 0.25) is 0 Å². The molecule has 0 unspecified atom stereocenters. The van der Waals surface area contributed by atoms with Crippen LogP contribution < -0.4 is 10.5 Å². The average Bonchev–Trinajstić information content (AvgIpc) is 2.45. The van der Waals surface area contributed by atoms with Gasteiger partial charge in [-0.25, -0.2) is 8.78 Å². The van der Waals surface area contributed by atoms with E-state index in [9.17, 15) is 17.2 Å². The molecule has 0 radical (unpaired) electrons. The Morgan fingerprint density at radius 3 is 2.52 bits per heavy atom. The van der Waals surface area contributed by atoms with E-state index in [0.717, 1.165) is 11.1 Å². The fourth-order valence-corrected chi connectivity index (χ4v) is 3.25. The molecule has 0 bridgehead atoms. The summed E-state index contributed by atoms with van der Waals surface area (Å²) in [4.78, 5) is 0. The van der Waals surface area contributed by atoms with Gasteiger partial charge in [0.1, 0.15) is 0 Å². The van der Waals surface area contributed by atoms with Crippen LogP contribution >= 0.6 is 12.4 Å². The third-order valence-corrected chi connectivity index (χ3v) is 4.75. The van der Waals surface area contributed by atoms with Crippen LogP contribution in [0.15, 0.2) is 24.3 Å². The van der Waals surface area contributed by atoms with E-state index in [-0.39, 0.29) is 25.5 Å². The predicted molar refractivity (Wildman–Crippen MR) is 78.7 cm³/mol. The lowest BCUT2D eigenvalue weighted by molar-refractivity contribution is 0.0166. The van der Waals surface area contributed by atoms with Gasteiger partial charge in [-0.05, 0) is 17.5 Å². The van der Waals surface area contributed by atoms with Crippen LogP contribution in [0.2, 0.25) is 0 Å². The summed E-state index contributed by atoms with van der Waals surface area (Å²) >= 11 is 0. The van der Waals surface area contributed by atoms with Crippen LogP contribution in [0.5, 0.6) is 0 Å². The molecule has 120 valence electrons. The number of nitrogens with zero attached hydrogens (tertiary/aromatic N) is 1. The number of rotatable bonds is 5. The highest BCUT2D eigenvalue weighted by molar-refractivity contribution is 7.87.